The summed E-state index contributed by atoms with van der Waals surface area (Å²) in [6.45, 7) is 0. The molecule has 0 saturated heterocycles. The number of allylic oxidation sites excluding steroid dienone is 2. The van der Waals surface area contributed by atoms with Crippen LogP contribution in [-0.2, 0) is 0 Å². The van der Waals surface area contributed by atoms with Crippen molar-refractivity contribution in [2.75, 3.05) is 0 Å². The van der Waals surface area contributed by atoms with Crippen LogP contribution >= 0.6 is 0 Å². The fourth-order valence-electron chi connectivity index (χ4n) is 1.10. The molecule has 0 bridgehead atoms. The topological polar surface area (TPSA) is 24.7 Å². The van der Waals surface area contributed by atoms with Crippen molar-refractivity contribution >= 4 is 12.6 Å². The van der Waals surface area contributed by atoms with E-state index in [2.05, 4.69) is 22.4 Å². The van der Waals surface area contributed by atoms with Crippen molar-refractivity contribution in [3.8, 4) is 0 Å². The number of fused-ring (bicyclic) bond motifs is 1. The Morgan fingerprint density at radius 1 is 1.60 bits per heavy atom. The largest absolute Gasteiger partial charge is 0.255 e. The summed E-state index contributed by atoms with van der Waals surface area (Å²) in [6.07, 6.45) is 11.6. The van der Waals surface area contributed by atoms with Crippen molar-refractivity contribution in [1.82, 2.24) is 0 Å². The number of hydrogen-bond acceptors (Lipinski definition) is 2. The van der Waals surface area contributed by atoms with Crippen LogP contribution < -0.4 is 0 Å². The van der Waals surface area contributed by atoms with Crippen LogP contribution in [0.5, 0.6) is 0 Å². The standard InChI is InChI=1S/C8H7N2/c1-2-4-8-7(3-1)5-9-6-10-8/h1-3,5,8H,4H2. The number of aliphatic imine (C=N–C) groups is 2. The second-order valence-corrected chi connectivity index (χ2v) is 2.33. The molecule has 2 nitrogen and oxygen atoms in total. The van der Waals surface area contributed by atoms with E-state index in [0.29, 0.717) is 6.04 Å². The second kappa shape index (κ2) is 2.21. The lowest BCUT2D eigenvalue weighted by Gasteiger charge is -2.14. The molecule has 1 aliphatic heterocycles. The highest BCUT2D eigenvalue weighted by Crippen LogP contribution is 2.16. The van der Waals surface area contributed by atoms with Crippen molar-refractivity contribution in [3.05, 3.63) is 23.8 Å². The third kappa shape index (κ3) is 0.817. The quantitative estimate of drug-likeness (QED) is 0.472. The van der Waals surface area contributed by atoms with Gasteiger partial charge < -0.3 is 0 Å². The third-order valence-electron chi connectivity index (χ3n) is 1.65. The van der Waals surface area contributed by atoms with Crippen LogP contribution in [0.25, 0.3) is 0 Å². The molecule has 49 valence electrons. The highest BCUT2D eigenvalue weighted by Gasteiger charge is 2.13. The molecule has 10 heavy (non-hydrogen) atoms. The molecule has 2 rings (SSSR count). The van der Waals surface area contributed by atoms with E-state index in [4.69, 9.17) is 0 Å². The number of nitrogens with zero attached hydrogens (tertiary/aromatic N) is 2. The van der Waals surface area contributed by atoms with Crippen LogP contribution in [0.3, 0.4) is 0 Å². The zero-order valence-electron chi connectivity index (χ0n) is 5.49. The summed E-state index contributed by atoms with van der Waals surface area (Å²) >= 11 is 0. The highest BCUT2D eigenvalue weighted by atomic mass is 14.9. The average Bonchev–Trinajstić information content (AvgIpc) is 2.05. The summed E-state index contributed by atoms with van der Waals surface area (Å²) in [5, 5.41) is 0. The van der Waals surface area contributed by atoms with Gasteiger partial charge in [-0.1, -0.05) is 18.2 Å². The predicted octanol–water partition coefficient (Wildman–Crippen LogP) is 1.23. The van der Waals surface area contributed by atoms with E-state index in [1.807, 2.05) is 18.4 Å². The molecule has 1 unspecified atom stereocenters. The summed E-state index contributed by atoms with van der Waals surface area (Å²) in [6, 6.07) is 0.294. The molecular formula is C8H7N2. The van der Waals surface area contributed by atoms with Gasteiger partial charge in [0.1, 0.15) is 0 Å². The smallest absolute Gasteiger partial charge is 0.193 e. The van der Waals surface area contributed by atoms with Gasteiger partial charge in [-0.05, 0) is 12.0 Å². The molecule has 0 aromatic heterocycles. The van der Waals surface area contributed by atoms with Gasteiger partial charge in [-0.2, -0.15) is 0 Å². The first-order valence-electron chi connectivity index (χ1n) is 3.31. The van der Waals surface area contributed by atoms with Gasteiger partial charge in [-0.3, -0.25) is 4.99 Å². The van der Waals surface area contributed by atoms with Gasteiger partial charge in [0, 0.05) is 6.21 Å². The fraction of sp³-hybridized carbons (Fsp3) is 0.250. The number of rotatable bonds is 0. The Morgan fingerprint density at radius 3 is 3.50 bits per heavy atom. The molecule has 1 atom stereocenters. The van der Waals surface area contributed by atoms with Gasteiger partial charge >= 0.3 is 0 Å². The minimum Gasteiger partial charge on any atom is -0.255 e. The monoisotopic (exact) mass is 131 g/mol. The van der Waals surface area contributed by atoms with E-state index < -0.39 is 0 Å². The maximum atomic E-state index is 4.08. The second-order valence-electron chi connectivity index (χ2n) is 2.33. The predicted molar refractivity (Wildman–Crippen MR) is 41.6 cm³/mol. The summed E-state index contributed by atoms with van der Waals surface area (Å²) in [7, 11) is 0. The van der Waals surface area contributed by atoms with Crippen molar-refractivity contribution in [3.63, 3.8) is 0 Å². The molecule has 2 heteroatoms. The first-order chi connectivity index (χ1) is 4.97. The Bertz CT molecular complexity index is 246. The molecule has 0 amide bonds. The SMILES string of the molecule is [C]1=NC2CC=CC=C2C=N1. The van der Waals surface area contributed by atoms with Gasteiger partial charge in [0.25, 0.3) is 0 Å². The summed E-state index contributed by atoms with van der Waals surface area (Å²) in [4.78, 5) is 7.90. The van der Waals surface area contributed by atoms with Crippen molar-refractivity contribution in [2.45, 2.75) is 12.5 Å². The Hall–Kier alpha value is -1.18. The van der Waals surface area contributed by atoms with Crippen molar-refractivity contribution in [2.24, 2.45) is 9.98 Å². The van der Waals surface area contributed by atoms with Gasteiger partial charge in [0.2, 0.25) is 0 Å². The third-order valence-corrected chi connectivity index (χ3v) is 1.65. The first kappa shape index (κ1) is 5.59. The van der Waals surface area contributed by atoms with Crippen LogP contribution in [0.2, 0.25) is 0 Å². The van der Waals surface area contributed by atoms with Gasteiger partial charge in [0.15, 0.2) is 6.34 Å². The summed E-state index contributed by atoms with van der Waals surface area (Å²) in [5.41, 5.74) is 1.20. The number of hydrogen-bond donors (Lipinski definition) is 0. The Balaban J connectivity index is 2.34. The van der Waals surface area contributed by atoms with Crippen LogP contribution in [-0.4, -0.2) is 18.6 Å². The minimum atomic E-state index is 0.294. The zero-order valence-corrected chi connectivity index (χ0v) is 5.49. The lowest BCUT2D eigenvalue weighted by Crippen LogP contribution is -2.13. The molecule has 0 N–H and O–H groups in total. The van der Waals surface area contributed by atoms with Crippen LogP contribution in [0.1, 0.15) is 6.42 Å². The minimum absolute atomic E-state index is 0.294. The van der Waals surface area contributed by atoms with Crippen LogP contribution in [0.15, 0.2) is 33.8 Å². The Labute approximate surface area is 59.7 Å². The van der Waals surface area contributed by atoms with Gasteiger partial charge in [-0.25, -0.2) is 4.99 Å². The Kier molecular flexibility index (Phi) is 1.24. The molecule has 0 fully saturated rings. The molecule has 0 spiro atoms. The Morgan fingerprint density at radius 2 is 2.60 bits per heavy atom. The maximum absolute atomic E-state index is 4.08. The fourth-order valence-corrected chi connectivity index (χ4v) is 1.10. The van der Waals surface area contributed by atoms with E-state index in [0.717, 1.165) is 6.42 Å². The van der Waals surface area contributed by atoms with E-state index in [9.17, 15) is 0 Å². The lowest BCUT2D eigenvalue weighted by atomic mass is 10.0. The van der Waals surface area contributed by atoms with Gasteiger partial charge in [0.05, 0.1) is 6.04 Å². The molecule has 1 heterocycles. The molecule has 0 aromatic carbocycles. The molecule has 1 radical (unpaired) electrons. The van der Waals surface area contributed by atoms with E-state index in [1.54, 1.807) is 0 Å². The molecule has 1 aliphatic carbocycles. The zero-order chi connectivity index (χ0) is 6.81. The van der Waals surface area contributed by atoms with Crippen LogP contribution in [0, 0.1) is 0 Å². The van der Waals surface area contributed by atoms with Crippen LogP contribution in [0.4, 0.5) is 0 Å². The van der Waals surface area contributed by atoms with E-state index in [1.165, 1.54) is 5.57 Å². The normalized spacial score (nSPS) is 28.0. The average molecular weight is 131 g/mol. The maximum Gasteiger partial charge on any atom is 0.193 e. The van der Waals surface area contributed by atoms with Crippen molar-refractivity contribution < 1.29 is 0 Å². The first-order valence-corrected chi connectivity index (χ1v) is 3.31. The molecule has 0 aromatic rings. The molecular weight excluding hydrogens is 124 g/mol. The van der Waals surface area contributed by atoms with E-state index in [-0.39, 0.29) is 0 Å². The molecule has 2 aliphatic rings. The van der Waals surface area contributed by atoms with Gasteiger partial charge in [-0.15, -0.1) is 0 Å². The van der Waals surface area contributed by atoms with E-state index >= 15 is 0 Å². The summed E-state index contributed by atoms with van der Waals surface area (Å²) < 4.78 is 0. The van der Waals surface area contributed by atoms with Crippen molar-refractivity contribution in [1.29, 1.82) is 0 Å². The molecule has 0 saturated carbocycles. The lowest BCUT2D eigenvalue weighted by molar-refractivity contribution is 0.804. The summed E-state index contributed by atoms with van der Waals surface area (Å²) in [5.74, 6) is 0. The highest BCUT2D eigenvalue weighted by molar-refractivity contribution is 5.89.